The van der Waals surface area contributed by atoms with E-state index in [1.54, 1.807) is 30.3 Å². The van der Waals surface area contributed by atoms with Gasteiger partial charge in [-0.2, -0.15) is 0 Å². The molecule has 0 saturated heterocycles. The van der Waals surface area contributed by atoms with E-state index in [0.29, 0.717) is 5.56 Å². The van der Waals surface area contributed by atoms with Gasteiger partial charge in [-0.15, -0.1) is 0 Å². The van der Waals surface area contributed by atoms with Gasteiger partial charge in [0.15, 0.2) is 0 Å². The average molecular weight is 321 g/mol. The molecule has 1 unspecified atom stereocenters. The van der Waals surface area contributed by atoms with Crippen LogP contribution in [0.15, 0.2) is 42.5 Å². The number of hydrogen-bond acceptors (Lipinski definition) is 5. The van der Waals surface area contributed by atoms with Gasteiger partial charge in [0.05, 0.1) is 21.7 Å². The van der Waals surface area contributed by atoms with Crippen molar-refractivity contribution in [1.29, 1.82) is 0 Å². The molecule has 22 heavy (non-hydrogen) atoms. The monoisotopic (exact) mass is 321 g/mol. The third-order valence-corrected chi connectivity index (χ3v) is 3.20. The average Bonchev–Trinajstić information content (AvgIpc) is 2.46. The van der Waals surface area contributed by atoms with Crippen LogP contribution in [0.1, 0.15) is 10.4 Å². The van der Waals surface area contributed by atoms with Gasteiger partial charge in [0, 0.05) is 17.3 Å². The zero-order chi connectivity index (χ0) is 16.3. The van der Waals surface area contributed by atoms with Crippen molar-refractivity contribution in [3.05, 3.63) is 58.1 Å². The van der Waals surface area contributed by atoms with E-state index in [1.165, 1.54) is 0 Å². The molecule has 0 saturated carbocycles. The van der Waals surface area contributed by atoms with E-state index in [0.717, 1.165) is 12.1 Å². The lowest BCUT2D eigenvalue weighted by molar-refractivity contribution is -0.384. The topological polar surface area (TPSA) is 133 Å². The second kappa shape index (κ2) is 6.33. The summed E-state index contributed by atoms with van der Waals surface area (Å²) in [5.41, 5.74) is -0.677. The van der Waals surface area contributed by atoms with E-state index in [4.69, 9.17) is 5.11 Å². The highest BCUT2D eigenvalue weighted by molar-refractivity contribution is 7.80. The van der Waals surface area contributed by atoms with E-state index in [-0.39, 0.29) is 16.8 Å². The maximum Gasteiger partial charge on any atom is 0.336 e. The first-order valence-corrected chi connectivity index (χ1v) is 6.94. The molecule has 2 N–H and O–H groups in total. The highest BCUT2D eigenvalue weighted by Gasteiger charge is 2.23. The summed E-state index contributed by atoms with van der Waals surface area (Å²) in [6.07, 6.45) is 0. The Morgan fingerprint density at radius 2 is 1.86 bits per heavy atom. The molecule has 0 aliphatic carbocycles. The summed E-state index contributed by atoms with van der Waals surface area (Å²) in [5, 5.41) is 20.2. The Morgan fingerprint density at radius 1 is 1.23 bits per heavy atom. The maximum absolute atomic E-state index is 11.2. The van der Waals surface area contributed by atoms with Crippen LogP contribution in [0.25, 0.3) is 11.1 Å². The van der Waals surface area contributed by atoms with Crippen molar-refractivity contribution >= 4 is 28.6 Å². The quantitative estimate of drug-likeness (QED) is 0.492. The third kappa shape index (κ3) is 3.27. The minimum Gasteiger partial charge on any atom is -0.755 e. The van der Waals surface area contributed by atoms with Crippen molar-refractivity contribution in [3.63, 3.8) is 0 Å². The smallest absolute Gasteiger partial charge is 0.336 e. The lowest BCUT2D eigenvalue weighted by Crippen LogP contribution is -2.08. The van der Waals surface area contributed by atoms with Crippen LogP contribution in [-0.2, 0) is 11.3 Å². The van der Waals surface area contributed by atoms with Crippen molar-refractivity contribution in [2.24, 2.45) is 0 Å². The van der Waals surface area contributed by atoms with Gasteiger partial charge in [-0.1, -0.05) is 30.3 Å². The predicted octanol–water partition coefficient (Wildman–Crippen LogP) is 2.17. The Kier molecular flexibility index (Phi) is 4.49. The fraction of sp³-hybridized carbons (Fsp3) is 0. The Balaban J connectivity index is 2.79. The molecule has 0 amide bonds. The molecule has 2 aromatic rings. The lowest BCUT2D eigenvalue weighted by atomic mass is 9.99. The Morgan fingerprint density at radius 3 is 2.36 bits per heavy atom. The van der Waals surface area contributed by atoms with Gasteiger partial charge >= 0.3 is 5.97 Å². The van der Waals surface area contributed by atoms with Crippen LogP contribution in [0, 0.1) is 10.1 Å². The molecular weight excluding hydrogens is 312 g/mol. The predicted molar refractivity (Wildman–Crippen MR) is 78.0 cm³/mol. The molecule has 2 rings (SSSR count). The first-order chi connectivity index (χ1) is 10.4. The van der Waals surface area contributed by atoms with Crippen LogP contribution in [0.2, 0.25) is 0 Å². The zero-order valence-corrected chi connectivity index (χ0v) is 11.7. The molecule has 114 valence electrons. The van der Waals surface area contributed by atoms with Gasteiger partial charge in [-0.25, -0.2) is 4.79 Å². The standard InChI is InChI=1S/C13H10N2O6S/c16-13(17)9-6-10(14-22(20)21)12(11(7-9)15(18)19)8-4-2-1-3-5-8/h1-7,14H,(H,16,17)(H,20,21)/p-1. The number of nitro groups is 1. The second-order valence-corrected chi connectivity index (χ2v) is 4.86. The number of carbonyl (C=O) groups is 1. The highest BCUT2D eigenvalue weighted by atomic mass is 32.2. The highest BCUT2D eigenvalue weighted by Crippen LogP contribution is 2.38. The minimum atomic E-state index is -2.76. The zero-order valence-electron chi connectivity index (χ0n) is 10.9. The number of anilines is 1. The number of hydrogen-bond donors (Lipinski definition) is 2. The van der Waals surface area contributed by atoms with Crippen LogP contribution < -0.4 is 4.72 Å². The van der Waals surface area contributed by atoms with E-state index in [9.17, 15) is 23.7 Å². The molecule has 1 atom stereocenters. The Hall–Kier alpha value is -2.78. The first-order valence-electron chi connectivity index (χ1n) is 5.87. The SMILES string of the molecule is O=C(O)c1cc(NS(=O)[O-])c(-c2ccccc2)c([N+](=O)[O-])c1. The first kappa shape index (κ1) is 15.6. The van der Waals surface area contributed by atoms with Crippen LogP contribution in [0.5, 0.6) is 0 Å². The Bertz CT molecular complexity index is 763. The molecule has 0 bridgehead atoms. The summed E-state index contributed by atoms with van der Waals surface area (Å²) in [5.74, 6) is -1.40. The number of nitro benzene ring substituents is 1. The molecule has 0 radical (unpaired) electrons. The Labute approximate surface area is 127 Å². The number of benzene rings is 2. The van der Waals surface area contributed by atoms with Crippen LogP contribution >= 0.6 is 0 Å². The maximum atomic E-state index is 11.2. The molecule has 0 spiro atoms. The number of aromatic carboxylic acids is 1. The van der Waals surface area contributed by atoms with Crippen molar-refractivity contribution in [3.8, 4) is 11.1 Å². The molecule has 0 aromatic heterocycles. The summed E-state index contributed by atoms with van der Waals surface area (Å²) < 4.78 is 23.8. The number of carboxylic acid groups (broad SMARTS) is 1. The molecule has 0 heterocycles. The molecule has 2 aromatic carbocycles. The molecule has 0 fully saturated rings. The summed E-state index contributed by atoms with van der Waals surface area (Å²) in [7, 11) is 0. The third-order valence-electron chi connectivity index (χ3n) is 2.82. The fourth-order valence-electron chi connectivity index (χ4n) is 1.97. The van der Waals surface area contributed by atoms with E-state index < -0.39 is 27.8 Å². The number of nitrogens with zero attached hydrogens (tertiary/aromatic N) is 1. The van der Waals surface area contributed by atoms with Crippen molar-refractivity contribution in [1.82, 2.24) is 0 Å². The summed E-state index contributed by atoms with van der Waals surface area (Å²) in [4.78, 5) is 21.5. The number of nitrogens with one attached hydrogen (secondary N) is 1. The molecular formula is C13H9N2O6S-. The summed E-state index contributed by atoms with van der Waals surface area (Å²) in [6.45, 7) is 0. The van der Waals surface area contributed by atoms with Crippen molar-refractivity contribution < 1.29 is 23.6 Å². The minimum absolute atomic E-state index is 0.000185. The van der Waals surface area contributed by atoms with Gasteiger partial charge in [-0.3, -0.25) is 14.3 Å². The lowest BCUT2D eigenvalue weighted by Gasteiger charge is -2.15. The van der Waals surface area contributed by atoms with Crippen molar-refractivity contribution in [2.75, 3.05) is 4.72 Å². The normalized spacial score (nSPS) is 11.7. The number of carboxylic acids is 1. The molecule has 0 aliphatic rings. The largest absolute Gasteiger partial charge is 0.755 e. The van der Waals surface area contributed by atoms with Gasteiger partial charge in [0.1, 0.15) is 0 Å². The van der Waals surface area contributed by atoms with Crippen LogP contribution in [0.4, 0.5) is 11.4 Å². The van der Waals surface area contributed by atoms with Gasteiger partial charge in [0.2, 0.25) is 0 Å². The molecule has 0 aliphatic heterocycles. The summed E-state index contributed by atoms with van der Waals surface area (Å²) in [6, 6.07) is 9.99. The molecule has 9 heteroatoms. The van der Waals surface area contributed by atoms with E-state index >= 15 is 0 Å². The fourth-order valence-corrected chi connectivity index (χ4v) is 2.31. The van der Waals surface area contributed by atoms with Gasteiger partial charge in [-0.05, 0) is 11.6 Å². The number of rotatable bonds is 5. The van der Waals surface area contributed by atoms with E-state index in [2.05, 4.69) is 0 Å². The van der Waals surface area contributed by atoms with Gasteiger partial charge in [0.25, 0.3) is 5.69 Å². The summed E-state index contributed by atoms with van der Waals surface area (Å²) >= 11 is -2.76. The van der Waals surface area contributed by atoms with Crippen LogP contribution in [-0.4, -0.2) is 24.8 Å². The second-order valence-electron chi connectivity index (χ2n) is 4.18. The van der Waals surface area contributed by atoms with Crippen LogP contribution in [0.3, 0.4) is 0 Å². The van der Waals surface area contributed by atoms with Crippen molar-refractivity contribution in [2.45, 2.75) is 0 Å². The molecule has 8 nitrogen and oxygen atoms in total. The van der Waals surface area contributed by atoms with E-state index in [1.807, 2.05) is 4.72 Å². The van der Waals surface area contributed by atoms with Gasteiger partial charge < -0.3 is 14.4 Å².